The third-order valence-electron chi connectivity index (χ3n) is 3.65. The van der Waals surface area contributed by atoms with E-state index in [9.17, 15) is 15.3 Å². The van der Waals surface area contributed by atoms with Gasteiger partial charge in [0.1, 0.15) is 35.9 Å². The fourth-order valence-corrected chi connectivity index (χ4v) is 3.57. The van der Waals surface area contributed by atoms with Crippen molar-refractivity contribution in [3.63, 3.8) is 0 Å². The van der Waals surface area contributed by atoms with Crippen molar-refractivity contribution in [3.05, 3.63) is 30.1 Å². The molecule has 4 N–H and O–H groups in total. The van der Waals surface area contributed by atoms with E-state index >= 15 is 0 Å². The van der Waals surface area contributed by atoms with Gasteiger partial charge in [-0.1, -0.05) is 17.8 Å². The Morgan fingerprint density at radius 1 is 1.38 bits per heavy atom. The molecule has 0 aromatic carbocycles. The van der Waals surface area contributed by atoms with Gasteiger partial charge in [-0.2, -0.15) is 0 Å². The molecule has 114 valence electrons. The molecule has 0 saturated carbocycles. The molecule has 1 unspecified atom stereocenters. The number of aliphatic hydroxyl groups is 3. The van der Waals surface area contributed by atoms with Gasteiger partial charge >= 0.3 is 0 Å². The Hall–Kier alpha value is -1.19. The van der Waals surface area contributed by atoms with Gasteiger partial charge in [0.15, 0.2) is 5.17 Å². The molecule has 8 heteroatoms. The topological polar surface area (TPSA) is 107 Å². The predicted molar refractivity (Wildman–Crippen MR) is 77.7 cm³/mol. The molecule has 21 heavy (non-hydrogen) atoms. The minimum absolute atomic E-state index is 0.429. The number of aromatic nitrogens is 1. The van der Waals surface area contributed by atoms with Crippen molar-refractivity contribution in [2.75, 3.05) is 7.05 Å². The van der Waals surface area contributed by atoms with Crippen LogP contribution in [-0.4, -0.2) is 62.3 Å². The third-order valence-corrected chi connectivity index (χ3v) is 4.81. The summed E-state index contributed by atoms with van der Waals surface area (Å²) in [6, 6.07) is 2.85. The second kappa shape index (κ2) is 5.90. The van der Waals surface area contributed by atoms with Gasteiger partial charge in [-0.25, -0.2) is 0 Å². The highest BCUT2D eigenvalue weighted by molar-refractivity contribution is 8.14. The monoisotopic (exact) mass is 311 g/mol. The number of fused-ring (bicyclic) bond motifs is 1. The number of pyridine rings is 1. The molecule has 1 aromatic heterocycles. The first-order valence-electron chi connectivity index (χ1n) is 6.63. The number of hydrogen-bond acceptors (Lipinski definition) is 8. The zero-order valence-electron chi connectivity index (χ0n) is 11.3. The molecule has 2 aliphatic rings. The highest BCUT2D eigenvalue weighted by Crippen LogP contribution is 2.38. The molecular formula is C13H17N3O4S. The molecule has 0 amide bonds. The quantitative estimate of drug-likeness (QED) is 0.569. The van der Waals surface area contributed by atoms with Crippen molar-refractivity contribution in [2.24, 2.45) is 4.99 Å². The Labute approximate surface area is 126 Å². The van der Waals surface area contributed by atoms with E-state index < -0.39 is 35.9 Å². The molecular weight excluding hydrogens is 294 g/mol. The largest absolute Gasteiger partial charge is 0.388 e. The molecule has 0 bridgehead atoms. The fraction of sp³-hybridized carbons (Fsp3) is 0.538. The van der Waals surface area contributed by atoms with Crippen LogP contribution < -0.4 is 5.32 Å². The Bertz CT molecular complexity index is 529. The molecule has 3 heterocycles. The molecule has 0 radical (unpaired) electrons. The van der Waals surface area contributed by atoms with Gasteiger partial charge < -0.3 is 25.4 Å². The first kappa shape index (κ1) is 14.7. The number of thioether (sulfide) groups is 1. The van der Waals surface area contributed by atoms with Gasteiger partial charge in [0.25, 0.3) is 0 Å². The fourth-order valence-electron chi connectivity index (χ4n) is 2.51. The second-order valence-corrected chi connectivity index (χ2v) is 6.06. The number of ether oxygens (including phenoxy) is 1. The Kier molecular flexibility index (Phi) is 4.14. The van der Waals surface area contributed by atoms with Crippen LogP contribution in [0.15, 0.2) is 29.5 Å². The summed E-state index contributed by atoms with van der Waals surface area (Å²) in [7, 11) is 1.73. The first-order valence-corrected chi connectivity index (χ1v) is 7.51. The normalized spacial score (nSPS) is 36.8. The maximum Gasteiger partial charge on any atom is 0.159 e. The van der Waals surface area contributed by atoms with E-state index in [4.69, 9.17) is 4.74 Å². The smallest absolute Gasteiger partial charge is 0.159 e. The zero-order chi connectivity index (χ0) is 15.0. The third kappa shape index (κ3) is 2.65. The van der Waals surface area contributed by atoms with Crippen LogP contribution in [0.1, 0.15) is 11.7 Å². The lowest BCUT2D eigenvalue weighted by Gasteiger charge is -2.40. The average Bonchev–Trinajstić information content (AvgIpc) is 2.94. The highest BCUT2D eigenvalue weighted by Gasteiger charge is 2.50. The molecule has 1 fully saturated rings. The van der Waals surface area contributed by atoms with Gasteiger partial charge in [0.2, 0.25) is 0 Å². The van der Waals surface area contributed by atoms with Crippen LogP contribution >= 0.6 is 11.8 Å². The minimum atomic E-state index is -1.22. The van der Waals surface area contributed by atoms with Gasteiger partial charge in [0, 0.05) is 25.0 Å². The molecule has 0 aliphatic carbocycles. The van der Waals surface area contributed by atoms with Crippen LogP contribution in [0.5, 0.6) is 0 Å². The van der Waals surface area contributed by atoms with E-state index in [1.54, 1.807) is 25.4 Å². The number of aliphatic imine (C=N–C) groups is 1. The lowest BCUT2D eigenvalue weighted by molar-refractivity contribution is -0.186. The molecule has 2 aliphatic heterocycles. The first-order chi connectivity index (χ1) is 10.1. The van der Waals surface area contributed by atoms with Crippen molar-refractivity contribution < 1.29 is 20.1 Å². The van der Waals surface area contributed by atoms with E-state index in [2.05, 4.69) is 15.3 Å². The minimum Gasteiger partial charge on any atom is -0.388 e. The van der Waals surface area contributed by atoms with Crippen LogP contribution in [0.4, 0.5) is 0 Å². The summed E-state index contributed by atoms with van der Waals surface area (Å²) < 4.78 is 5.76. The second-order valence-electron chi connectivity index (χ2n) is 4.97. The van der Waals surface area contributed by atoms with Crippen molar-refractivity contribution in [1.82, 2.24) is 10.3 Å². The lowest BCUT2D eigenvalue weighted by Crippen LogP contribution is -2.56. The molecule has 3 rings (SSSR count). The van der Waals surface area contributed by atoms with Crippen molar-refractivity contribution in [2.45, 2.75) is 35.9 Å². The van der Waals surface area contributed by atoms with Crippen molar-refractivity contribution in [1.29, 1.82) is 0 Å². The van der Waals surface area contributed by atoms with E-state index in [1.807, 2.05) is 0 Å². The Morgan fingerprint density at radius 2 is 2.19 bits per heavy atom. The predicted octanol–water partition coefficient (Wildman–Crippen LogP) is -0.747. The summed E-state index contributed by atoms with van der Waals surface area (Å²) in [4.78, 5) is 8.20. The summed E-state index contributed by atoms with van der Waals surface area (Å²) in [5.74, 6) is 0. The van der Waals surface area contributed by atoms with Crippen molar-refractivity contribution >= 4 is 16.9 Å². The number of aliphatic hydroxyl groups excluding tert-OH is 3. The SMILES string of the molecule is CNC1=N[C@@H]2[C@@H](O)[C@H](O)[C@@H](C(O)c3cccnc3)O[C@@H]2S1. The number of hydrogen-bond donors (Lipinski definition) is 4. The molecule has 7 nitrogen and oxygen atoms in total. The van der Waals surface area contributed by atoms with Crippen molar-refractivity contribution in [3.8, 4) is 0 Å². The summed E-state index contributed by atoms with van der Waals surface area (Å²) in [6.45, 7) is 0. The maximum absolute atomic E-state index is 10.4. The van der Waals surface area contributed by atoms with Crippen LogP contribution in [0.3, 0.4) is 0 Å². The number of nitrogens with zero attached hydrogens (tertiary/aromatic N) is 2. The Morgan fingerprint density at radius 3 is 2.86 bits per heavy atom. The zero-order valence-corrected chi connectivity index (χ0v) is 12.1. The highest BCUT2D eigenvalue weighted by atomic mass is 32.2. The standard InChI is InChI=1S/C13H17N3O4S/c1-14-13-16-7-9(18)10(19)11(20-12(7)21-13)8(17)6-3-2-4-15-5-6/h2-5,7-12,17-19H,1H3,(H,14,16)/t7-,8?,9-,10+,11-,12-/m1/s1. The molecule has 1 saturated heterocycles. The molecule has 1 aromatic rings. The maximum atomic E-state index is 10.4. The number of nitrogens with one attached hydrogen (secondary N) is 1. The van der Waals surface area contributed by atoms with Crippen LogP contribution in [-0.2, 0) is 4.74 Å². The van der Waals surface area contributed by atoms with E-state index in [0.29, 0.717) is 10.7 Å². The van der Waals surface area contributed by atoms with Crippen LogP contribution in [0.2, 0.25) is 0 Å². The van der Waals surface area contributed by atoms with Gasteiger partial charge in [-0.05, 0) is 6.07 Å². The van der Waals surface area contributed by atoms with Gasteiger partial charge in [-0.3, -0.25) is 9.98 Å². The molecule has 0 spiro atoms. The summed E-state index contributed by atoms with van der Waals surface area (Å²) in [5.41, 5.74) is 0.104. The lowest BCUT2D eigenvalue weighted by atomic mass is 9.92. The van der Waals surface area contributed by atoms with E-state index in [-0.39, 0.29) is 0 Å². The summed E-state index contributed by atoms with van der Waals surface area (Å²) >= 11 is 1.34. The molecule has 6 atom stereocenters. The average molecular weight is 311 g/mol. The summed E-state index contributed by atoms with van der Waals surface area (Å²) in [6.07, 6.45) is -1.19. The van der Waals surface area contributed by atoms with E-state index in [0.717, 1.165) is 0 Å². The Balaban J connectivity index is 1.80. The van der Waals surface area contributed by atoms with Gasteiger partial charge in [0.05, 0.1) is 0 Å². The summed E-state index contributed by atoms with van der Waals surface area (Å²) in [5, 5.41) is 34.4. The van der Waals surface area contributed by atoms with Crippen LogP contribution in [0, 0.1) is 0 Å². The number of amidine groups is 1. The van der Waals surface area contributed by atoms with Crippen LogP contribution in [0.25, 0.3) is 0 Å². The van der Waals surface area contributed by atoms with Gasteiger partial charge in [-0.15, -0.1) is 0 Å². The van der Waals surface area contributed by atoms with E-state index in [1.165, 1.54) is 18.0 Å². The number of rotatable bonds is 2.